The summed E-state index contributed by atoms with van der Waals surface area (Å²) in [6.07, 6.45) is -4.01. The average molecular weight is 369 g/mol. The van der Waals surface area contributed by atoms with Crippen molar-refractivity contribution < 1.29 is 22.8 Å². The number of carbonyl (C=O) groups excluding carboxylic acids is 2. The molecule has 1 atom stereocenters. The number of rotatable bonds is 3. The number of nitrogens with zero attached hydrogens (tertiary/aromatic N) is 3. The van der Waals surface area contributed by atoms with Gasteiger partial charge in [-0.2, -0.15) is 23.4 Å². The van der Waals surface area contributed by atoms with Gasteiger partial charge in [0.2, 0.25) is 5.91 Å². The molecular weight excluding hydrogens is 359 g/mol. The highest BCUT2D eigenvalue weighted by atomic mass is 32.2. The van der Waals surface area contributed by atoms with Crippen molar-refractivity contribution in [2.75, 3.05) is 11.1 Å². The lowest BCUT2D eigenvalue weighted by Gasteiger charge is -2.17. The van der Waals surface area contributed by atoms with Gasteiger partial charge in [-0.25, -0.2) is 4.99 Å². The topological polar surface area (TPSA) is 95.3 Å². The fraction of sp³-hybridized carbons (Fsp3) is 0.214. The maximum Gasteiger partial charge on any atom is 0.418 e. The number of para-hydroxylation sites is 1. The number of hydrogen-bond donors (Lipinski definition) is 2. The summed E-state index contributed by atoms with van der Waals surface area (Å²) in [6, 6.07) is 4.68. The van der Waals surface area contributed by atoms with E-state index in [1.165, 1.54) is 24.4 Å². The minimum absolute atomic E-state index is 0.159. The summed E-state index contributed by atoms with van der Waals surface area (Å²) in [4.78, 5) is 27.8. The molecule has 1 aromatic rings. The van der Waals surface area contributed by atoms with Crippen LogP contribution in [0.15, 0.2) is 51.3 Å². The van der Waals surface area contributed by atoms with Gasteiger partial charge in [0.1, 0.15) is 0 Å². The molecule has 2 heterocycles. The quantitative estimate of drug-likeness (QED) is 0.857. The molecule has 2 amide bonds. The van der Waals surface area contributed by atoms with Crippen molar-refractivity contribution in [3.05, 3.63) is 41.6 Å². The lowest BCUT2D eigenvalue weighted by atomic mass is 10.1. The highest BCUT2D eigenvalue weighted by Crippen LogP contribution is 2.34. The van der Waals surface area contributed by atoms with Gasteiger partial charge in [-0.05, 0) is 12.1 Å². The van der Waals surface area contributed by atoms with Crippen molar-refractivity contribution in [2.24, 2.45) is 15.2 Å². The molecule has 2 N–H and O–H groups in total. The molecule has 0 aliphatic carbocycles. The first-order chi connectivity index (χ1) is 11.8. The summed E-state index contributed by atoms with van der Waals surface area (Å²) in [5, 5.41) is 12.2. The Hall–Kier alpha value is -2.69. The van der Waals surface area contributed by atoms with Crippen LogP contribution in [0.4, 0.5) is 18.9 Å². The van der Waals surface area contributed by atoms with Crippen molar-refractivity contribution in [3.63, 3.8) is 0 Å². The second-order valence-electron chi connectivity index (χ2n) is 4.96. The smallest absolute Gasteiger partial charge is 0.325 e. The molecule has 11 heteroatoms. The summed E-state index contributed by atoms with van der Waals surface area (Å²) in [6.45, 7) is 0. The molecule has 25 heavy (non-hydrogen) atoms. The number of nitrogens with one attached hydrogen (secondary N) is 2. The molecule has 7 nitrogen and oxygen atoms in total. The minimum atomic E-state index is -4.57. The second-order valence-corrected chi connectivity index (χ2v) is 5.92. The number of amidine groups is 1. The van der Waals surface area contributed by atoms with Crippen molar-refractivity contribution in [3.8, 4) is 0 Å². The Bertz CT molecular complexity index is 819. The first-order valence-corrected chi connectivity index (χ1v) is 7.91. The van der Waals surface area contributed by atoms with Gasteiger partial charge >= 0.3 is 6.18 Å². The van der Waals surface area contributed by atoms with E-state index in [4.69, 9.17) is 0 Å². The number of alkyl halides is 3. The molecule has 0 saturated carbocycles. The molecule has 0 bridgehead atoms. The summed E-state index contributed by atoms with van der Waals surface area (Å²) in [7, 11) is 0. The standard InChI is InChI=1S/C14H10F3N5O2S/c15-14(16,17)8-3-1-2-4-9(8)19-10(23)6-25-13-20-11-7(5-18-22-11)12(24)21-13/h1-5,11H,6H2,(H,19,23)(H,20,21,24). The zero-order chi connectivity index (χ0) is 18.0. The van der Waals surface area contributed by atoms with Crippen LogP contribution in [0.2, 0.25) is 0 Å². The average Bonchev–Trinajstić information content (AvgIpc) is 3.01. The van der Waals surface area contributed by atoms with E-state index in [2.05, 4.69) is 25.9 Å². The number of anilines is 1. The van der Waals surface area contributed by atoms with Crippen LogP contribution in [0.1, 0.15) is 5.56 Å². The summed E-state index contributed by atoms with van der Waals surface area (Å²) >= 11 is 0.887. The SMILES string of the molecule is O=C(CSC1=NC2N=NC=C2C(=O)N1)Nc1ccccc1C(F)(F)F. The number of carbonyl (C=O) groups is 2. The van der Waals surface area contributed by atoms with E-state index in [0.717, 1.165) is 17.8 Å². The van der Waals surface area contributed by atoms with E-state index in [1.54, 1.807) is 0 Å². The van der Waals surface area contributed by atoms with Crippen molar-refractivity contribution in [2.45, 2.75) is 12.3 Å². The maximum atomic E-state index is 12.9. The number of fused-ring (bicyclic) bond motifs is 1. The van der Waals surface area contributed by atoms with Gasteiger partial charge in [0.25, 0.3) is 5.91 Å². The van der Waals surface area contributed by atoms with Crippen LogP contribution >= 0.6 is 11.8 Å². The third-order valence-corrected chi connectivity index (χ3v) is 4.11. The van der Waals surface area contributed by atoms with Crippen LogP contribution in [0.25, 0.3) is 0 Å². The van der Waals surface area contributed by atoms with Crippen LogP contribution < -0.4 is 10.6 Å². The summed E-state index contributed by atoms with van der Waals surface area (Å²) in [5.41, 5.74) is -0.962. The van der Waals surface area contributed by atoms with Crippen molar-refractivity contribution in [1.29, 1.82) is 0 Å². The lowest BCUT2D eigenvalue weighted by molar-refractivity contribution is -0.137. The molecular formula is C14H10F3N5O2S. The number of benzene rings is 1. The summed E-state index contributed by atoms with van der Waals surface area (Å²) in [5.74, 6) is -1.31. The van der Waals surface area contributed by atoms with E-state index in [0.29, 0.717) is 5.57 Å². The number of amides is 2. The Balaban J connectivity index is 1.62. The molecule has 0 spiro atoms. The van der Waals surface area contributed by atoms with Gasteiger partial charge in [-0.1, -0.05) is 23.9 Å². The van der Waals surface area contributed by atoms with Gasteiger partial charge in [0.15, 0.2) is 11.3 Å². The van der Waals surface area contributed by atoms with Crippen LogP contribution in [-0.2, 0) is 15.8 Å². The van der Waals surface area contributed by atoms with E-state index in [-0.39, 0.29) is 16.6 Å². The maximum absolute atomic E-state index is 12.9. The van der Waals surface area contributed by atoms with Crippen molar-refractivity contribution in [1.82, 2.24) is 5.32 Å². The number of thioether (sulfide) groups is 1. The first-order valence-electron chi connectivity index (χ1n) is 6.92. The molecule has 2 aliphatic heterocycles. The number of halogens is 3. The zero-order valence-corrected chi connectivity index (χ0v) is 13.2. The Morgan fingerprint density at radius 2 is 2.08 bits per heavy atom. The van der Waals surface area contributed by atoms with Gasteiger partial charge < -0.3 is 10.6 Å². The Labute approximate surface area is 143 Å². The lowest BCUT2D eigenvalue weighted by Crippen LogP contribution is -2.38. The molecule has 130 valence electrons. The molecule has 0 aromatic heterocycles. The van der Waals surface area contributed by atoms with E-state index in [1.807, 2.05) is 0 Å². The molecule has 2 aliphatic rings. The van der Waals surface area contributed by atoms with Gasteiger partial charge in [0.05, 0.1) is 28.8 Å². The minimum Gasteiger partial charge on any atom is -0.325 e. The summed E-state index contributed by atoms with van der Waals surface area (Å²) < 4.78 is 38.7. The fourth-order valence-electron chi connectivity index (χ4n) is 2.10. The number of azo groups is 1. The zero-order valence-electron chi connectivity index (χ0n) is 12.4. The second kappa shape index (κ2) is 6.67. The third kappa shape index (κ3) is 3.87. The highest BCUT2D eigenvalue weighted by Gasteiger charge is 2.34. The van der Waals surface area contributed by atoms with Crippen LogP contribution in [0, 0.1) is 0 Å². The van der Waals surface area contributed by atoms with Crippen LogP contribution in [0.5, 0.6) is 0 Å². The number of aliphatic imine (C=N–C) groups is 1. The van der Waals surface area contributed by atoms with Crippen LogP contribution in [0.3, 0.4) is 0 Å². The Kier molecular flexibility index (Phi) is 4.57. The Morgan fingerprint density at radius 1 is 1.32 bits per heavy atom. The molecule has 1 unspecified atom stereocenters. The van der Waals surface area contributed by atoms with Gasteiger partial charge in [-0.15, -0.1) is 0 Å². The third-order valence-electron chi connectivity index (χ3n) is 3.22. The van der Waals surface area contributed by atoms with E-state index < -0.39 is 29.7 Å². The molecule has 0 saturated heterocycles. The van der Waals surface area contributed by atoms with E-state index >= 15 is 0 Å². The van der Waals surface area contributed by atoms with Crippen LogP contribution in [-0.4, -0.2) is 28.9 Å². The number of hydrogen-bond acceptors (Lipinski definition) is 6. The molecule has 3 rings (SSSR count). The van der Waals surface area contributed by atoms with Gasteiger partial charge in [-0.3, -0.25) is 9.59 Å². The van der Waals surface area contributed by atoms with Gasteiger partial charge in [0, 0.05) is 0 Å². The molecule has 1 aromatic carbocycles. The fourth-order valence-corrected chi connectivity index (χ4v) is 2.78. The Morgan fingerprint density at radius 3 is 2.84 bits per heavy atom. The predicted octanol–water partition coefficient (Wildman–Crippen LogP) is 2.54. The molecule has 0 radical (unpaired) electrons. The normalized spacial score (nSPS) is 19.0. The van der Waals surface area contributed by atoms with E-state index in [9.17, 15) is 22.8 Å². The van der Waals surface area contributed by atoms with Crippen molar-refractivity contribution >= 4 is 34.4 Å². The predicted molar refractivity (Wildman–Crippen MR) is 84.8 cm³/mol. The highest BCUT2D eigenvalue weighted by molar-refractivity contribution is 8.14. The first kappa shape index (κ1) is 17.1. The monoisotopic (exact) mass is 369 g/mol. The molecule has 0 fully saturated rings. The largest absolute Gasteiger partial charge is 0.418 e.